The number of nitrogens with one attached hydrogen (secondary N) is 1. The van der Waals surface area contributed by atoms with E-state index in [-0.39, 0.29) is 0 Å². The van der Waals surface area contributed by atoms with E-state index < -0.39 is 0 Å². The molecule has 2 aromatic heterocycles. The van der Waals surface area contributed by atoms with E-state index in [1.54, 1.807) is 6.20 Å². The lowest BCUT2D eigenvalue weighted by molar-refractivity contribution is -0.00544. The summed E-state index contributed by atoms with van der Waals surface area (Å²) in [5.41, 5.74) is 3.39. The first kappa shape index (κ1) is 18.8. The van der Waals surface area contributed by atoms with E-state index in [0.29, 0.717) is 12.6 Å². The molecular weight excluding hydrogens is 350 g/mol. The van der Waals surface area contributed by atoms with Crippen LogP contribution in [-0.4, -0.2) is 45.7 Å². The third-order valence-corrected chi connectivity index (χ3v) is 5.31. The minimum atomic E-state index is 0.365. The minimum absolute atomic E-state index is 0.365. The fourth-order valence-electron chi connectivity index (χ4n) is 3.64. The molecule has 0 saturated carbocycles. The summed E-state index contributed by atoms with van der Waals surface area (Å²) in [7, 11) is 0. The van der Waals surface area contributed by atoms with Crippen LogP contribution in [0, 0.1) is 0 Å². The largest absolute Gasteiger partial charge is 0.379 e. The molecule has 1 N–H and O–H groups in total. The zero-order valence-corrected chi connectivity index (χ0v) is 16.6. The number of pyridine rings is 1. The number of hydrogen-bond acceptors (Lipinski definition) is 6. The van der Waals surface area contributed by atoms with E-state index in [1.807, 2.05) is 12.1 Å². The number of aromatic nitrogens is 3. The van der Waals surface area contributed by atoms with Crippen molar-refractivity contribution in [3.63, 3.8) is 0 Å². The van der Waals surface area contributed by atoms with Crippen LogP contribution in [0.4, 0.5) is 5.82 Å². The zero-order valence-electron chi connectivity index (χ0n) is 16.6. The van der Waals surface area contributed by atoms with Gasteiger partial charge < -0.3 is 10.1 Å². The molecule has 28 heavy (non-hydrogen) atoms. The number of fused-ring (bicyclic) bond motifs is 1. The molecule has 146 valence electrons. The number of aryl methyl sites for hydroxylation is 1. The standard InChI is InChI=1S/C22H27N5O/c1-3-17-7-4-5-8-18(17)13-24-22-19-9-6-10-23-21(19)25-20(26-22)14-27-11-12-28-15-16(27)2/h4-10,16H,3,11-15H2,1-2H3,(H,23,24,25,26). The Bertz CT molecular complexity index is 945. The quantitative estimate of drug-likeness (QED) is 0.710. The predicted octanol–water partition coefficient (Wildman–Crippen LogP) is 3.42. The Kier molecular flexibility index (Phi) is 5.78. The maximum atomic E-state index is 5.55. The van der Waals surface area contributed by atoms with E-state index in [0.717, 1.165) is 55.4 Å². The van der Waals surface area contributed by atoms with Crippen LogP contribution in [0.25, 0.3) is 11.0 Å². The lowest BCUT2D eigenvalue weighted by Gasteiger charge is -2.32. The van der Waals surface area contributed by atoms with Gasteiger partial charge in [0.05, 0.1) is 25.1 Å². The molecular formula is C22H27N5O. The van der Waals surface area contributed by atoms with Crippen molar-refractivity contribution >= 4 is 16.9 Å². The Morgan fingerprint density at radius 2 is 2.00 bits per heavy atom. The predicted molar refractivity (Wildman–Crippen MR) is 111 cm³/mol. The van der Waals surface area contributed by atoms with Gasteiger partial charge in [-0.15, -0.1) is 0 Å². The van der Waals surface area contributed by atoms with Gasteiger partial charge in [-0.3, -0.25) is 4.90 Å². The van der Waals surface area contributed by atoms with Crippen LogP contribution in [0.2, 0.25) is 0 Å². The number of rotatable bonds is 6. The molecule has 1 unspecified atom stereocenters. The summed E-state index contributed by atoms with van der Waals surface area (Å²) in [6.07, 6.45) is 2.80. The van der Waals surface area contributed by atoms with Crippen molar-refractivity contribution in [1.29, 1.82) is 0 Å². The highest BCUT2D eigenvalue weighted by atomic mass is 16.5. The van der Waals surface area contributed by atoms with Crippen LogP contribution in [-0.2, 0) is 24.2 Å². The van der Waals surface area contributed by atoms with Gasteiger partial charge in [-0.25, -0.2) is 15.0 Å². The van der Waals surface area contributed by atoms with Crippen LogP contribution in [0.1, 0.15) is 30.8 Å². The van der Waals surface area contributed by atoms with Crippen molar-refractivity contribution in [2.45, 2.75) is 39.4 Å². The van der Waals surface area contributed by atoms with Gasteiger partial charge in [-0.05, 0) is 36.6 Å². The number of ether oxygens (including phenoxy) is 1. The van der Waals surface area contributed by atoms with Crippen molar-refractivity contribution in [2.24, 2.45) is 0 Å². The normalized spacial score (nSPS) is 17.7. The third-order valence-electron chi connectivity index (χ3n) is 5.31. The molecule has 0 spiro atoms. The van der Waals surface area contributed by atoms with E-state index in [2.05, 4.69) is 53.3 Å². The van der Waals surface area contributed by atoms with Gasteiger partial charge in [0.2, 0.25) is 0 Å². The Balaban J connectivity index is 1.61. The summed E-state index contributed by atoms with van der Waals surface area (Å²) in [4.78, 5) is 16.4. The van der Waals surface area contributed by atoms with Gasteiger partial charge in [0.1, 0.15) is 11.6 Å². The molecule has 1 aliphatic rings. The second kappa shape index (κ2) is 8.63. The van der Waals surface area contributed by atoms with E-state index >= 15 is 0 Å². The van der Waals surface area contributed by atoms with Crippen LogP contribution < -0.4 is 5.32 Å². The van der Waals surface area contributed by atoms with Crippen molar-refractivity contribution in [3.05, 3.63) is 59.5 Å². The van der Waals surface area contributed by atoms with Gasteiger partial charge in [0, 0.05) is 25.3 Å². The second-order valence-corrected chi connectivity index (χ2v) is 7.23. The molecule has 1 saturated heterocycles. The summed E-state index contributed by atoms with van der Waals surface area (Å²) < 4.78 is 5.55. The average Bonchev–Trinajstić information content (AvgIpc) is 2.74. The second-order valence-electron chi connectivity index (χ2n) is 7.23. The number of nitrogens with zero attached hydrogens (tertiary/aromatic N) is 4. The fourth-order valence-corrected chi connectivity index (χ4v) is 3.64. The smallest absolute Gasteiger partial charge is 0.165 e. The maximum Gasteiger partial charge on any atom is 0.165 e. The van der Waals surface area contributed by atoms with Crippen molar-refractivity contribution in [2.75, 3.05) is 25.1 Å². The Labute approximate surface area is 166 Å². The monoisotopic (exact) mass is 377 g/mol. The topological polar surface area (TPSA) is 63.2 Å². The fraction of sp³-hybridized carbons (Fsp3) is 0.409. The first-order valence-electron chi connectivity index (χ1n) is 9.98. The van der Waals surface area contributed by atoms with Crippen LogP contribution >= 0.6 is 0 Å². The SMILES string of the molecule is CCc1ccccc1CNc1nc(CN2CCOCC2C)nc2ncccc12. The maximum absolute atomic E-state index is 5.55. The van der Waals surface area contributed by atoms with Crippen molar-refractivity contribution in [3.8, 4) is 0 Å². The summed E-state index contributed by atoms with van der Waals surface area (Å²) in [6, 6.07) is 12.9. The summed E-state index contributed by atoms with van der Waals surface area (Å²) in [5.74, 6) is 1.64. The van der Waals surface area contributed by atoms with Gasteiger partial charge in [-0.2, -0.15) is 0 Å². The van der Waals surface area contributed by atoms with Gasteiger partial charge in [0.25, 0.3) is 0 Å². The Hall–Kier alpha value is -2.57. The third kappa shape index (κ3) is 4.13. The minimum Gasteiger partial charge on any atom is -0.379 e. The number of anilines is 1. The highest BCUT2D eigenvalue weighted by Gasteiger charge is 2.20. The van der Waals surface area contributed by atoms with Crippen molar-refractivity contribution < 1.29 is 4.74 Å². The average molecular weight is 377 g/mol. The van der Waals surface area contributed by atoms with Gasteiger partial charge in [0.15, 0.2) is 5.65 Å². The number of benzene rings is 1. The van der Waals surface area contributed by atoms with E-state index in [4.69, 9.17) is 14.7 Å². The summed E-state index contributed by atoms with van der Waals surface area (Å²) >= 11 is 0. The molecule has 0 amide bonds. The lowest BCUT2D eigenvalue weighted by atomic mass is 10.1. The van der Waals surface area contributed by atoms with Crippen molar-refractivity contribution in [1.82, 2.24) is 19.9 Å². The molecule has 6 heteroatoms. The van der Waals surface area contributed by atoms with E-state index in [9.17, 15) is 0 Å². The summed E-state index contributed by atoms with van der Waals surface area (Å²) in [5, 5.41) is 4.49. The molecule has 3 heterocycles. The molecule has 0 bridgehead atoms. The Morgan fingerprint density at radius 1 is 1.14 bits per heavy atom. The highest BCUT2D eigenvalue weighted by Crippen LogP contribution is 2.21. The van der Waals surface area contributed by atoms with Crippen LogP contribution in [0.15, 0.2) is 42.6 Å². The van der Waals surface area contributed by atoms with Gasteiger partial charge in [-0.1, -0.05) is 31.2 Å². The van der Waals surface area contributed by atoms with Crippen LogP contribution in [0.5, 0.6) is 0 Å². The molecule has 6 nitrogen and oxygen atoms in total. The molecule has 1 aromatic carbocycles. The first-order valence-corrected chi connectivity index (χ1v) is 9.98. The highest BCUT2D eigenvalue weighted by molar-refractivity contribution is 5.86. The van der Waals surface area contributed by atoms with Crippen LogP contribution in [0.3, 0.4) is 0 Å². The number of morpholine rings is 1. The molecule has 0 aliphatic carbocycles. The molecule has 1 aliphatic heterocycles. The lowest BCUT2D eigenvalue weighted by Crippen LogP contribution is -2.43. The van der Waals surface area contributed by atoms with Gasteiger partial charge >= 0.3 is 0 Å². The Morgan fingerprint density at radius 3 is 2.82 bits per heavy atom. The van der Waals surface area contributed by atoms with E-state index in [1.165, 1.54) is 11.1 Å². The summed E-state index contributed by atoms with van der Waals surface area (Å²) in [6.45, 7) is 8.22. The molecule has 1 fully saturated rings. The molecule has 4 rings (SSSR count). The molecule has 1 atom stereocenters. The molecule has 3 aromatic rings. The first-order chi connectivity index (χ1) is 13.7. The zero-order chi connectivity index (χ0) is 19.3. The molecule has 0 radical (unpaired) electrons. The number of hydrogen-bond donors (Lipinski definition) is 1.